The summed E-state index contributed by atoms with van der Waals surface area (Å²) in [6.07, 6.45) is 0. The lowest BCUT2D eigenvalue weighted by molar-refractivity contribution is -0.0253. The average molecular weight is 521 g/mol. The Morgan fingerprint density at radius 2 is 0.516 bits per heavy atom. The summed E-state index contributed by atoms with van der Waals surface area (Å²) in [5, 5.41) is 9.38. The first-order valence-electron chi connectivity index (χ1n) is 10.8. The summed E-state index contributed by atoms with van der Waals surface area (Å²) in [6, 6.07) is 0. The Bertz CT molecular complexity index is 288. The number of hydrogen-bond donors (Lipinski definition) is 1. The third kappa shape index (κ3) is 30.1. The molecule has 0 aliphatic carbocycles. The minimum absolute atomic E-state index is 0.0314. The predicted octanol–water partition coefficient (Wildman–Crippen LogP) is 0.523. The SMILES string of the molecule is OCCOCCOCCOCCOCCOCCOCCOCCOCCOCCBr. The molecule has 0 aromatic carbocycles. The Balaban J connectivity index is 2.98. The number of rotatable bonds is 28. The molecule has 0 aliphatic rings. The van der Waals surface area contributed by atoms with Gasteiger partial charge in [-0.2, -0.15) is 0 Å². The Hall–Kier alpha value is 0.0800. The van der Waals surface area contributed by atoms with E-state index in [0.29, 0.717) is 119 Å². The summed E-state index contributed by atoms with van der Waals surface area (Å²) in [5.41, 5.74) is 0. The molecule has 10 nitrogen and oxygen atoms in total. The van der Waals surface area contributed by atoms with E-state index in [1.165, 1.54) is 0 Å². The van der Waals surface area contributed by atoms with Gasteiger partial charge in [0.2, 0.25) is 0 Å². The lowest BCUT2D eigenvalue weighted by Gasteiger charge is -2.08. The van der Waals surface area contributed by atoms with Crippen LogP contribution in [0.25, 0.3) is 0 Å². The molecule has 0 spiro atoms. The minimum atomic E-state index is 0.0314. The van der Waals surface area contributed by atoms with E-state index >= 15 is 0 Å². The molecule has 0 unspecified atom stereocenters. The minimum Gasteiger partial charge on any atom is -0.394 e. The van der Waals surface area contributed by atoms with Crippen LogP contribution < -0.4 is 0 Å². The Kier molecular flexibility index (Phi) is 30.2. The van der Waals surface area contributed by atoms with Crippen LogP contribution in [0.15, 0.2) is 0 Å². The molecule has 0 saturated heterocycles. The Morgan fingerprint density at radius 1 is 0.323 bits per heavy atom. The molecule has 0 aromatic heterocycles. The Morgan fingerprint density at radius 3 is 0.710 bits per heavy atom. The fourth-order valence-corrected chi connectivity index (χ4v) is 2.21. The maximum Gasteiger partial charge on any atom is 0.0701 e. The van der Waals surface area contributed by atoms with Crippen molar-refractivity contribution in [3.05, 3.63) is 0 Å². The van der Waals surface area contributed by atoms with Crippen molar-refractivity contribution in [1.29, 1.82) is 0 Å². The summed E-state index contributed by atoms with van der Waals surface area (Å²) < 4.78 is 48.0. The number of hydrogen-bond acceptors (Lipinski definition) is 10. The number of ether oxygens (including phenoxy) is 9. The summed E-state index contributed by atoms with van der Waals surface area (Å²) in [6.45, 7) is 9.56. The zero-order valence-corrected chi connectivity index (χ0v) is 20.2. The van der Waals surface area contributed by atoms with Crippen LogP contribution in [-0.4, -0.2) is 136 Å². The van der Waals surface area contributed by atoms with E-state index in [2.05, 4.69) is 15.9 Å². The molecule has 0 saturated carbocycles. The molecule has 31 heavy (non-hydrogen) atoms. The van der Waals surface area contributed by atoms with Gasteiger partial charge in [-0.05, 0) is 0 Å². The quantitative estimate of drug-likeness (QED) is 0.116. The highest BCUT2D eigenvalue weighted by atomic mass is 79.9. The van der Waals surface area contributed by atoms with E-state index in [-0.39, 0.29) is 6.61 Å². The van der Waals surface area contributed by atoms with Crippen LogP contribution in [0, 0.1) is 0 Å². The van der Waals surface area contributed by atoms with E-state index in [9.17, 15) is 0 Å². The van der Waals surface area contributed by atoms with Crippen LogP contribution in [0.4, 0.5) is 0 Å². The molecule has 0 amide bonds. The molecule has 0 aromatic rings. The van der Waals surface area contributed by atoms with Gasteiger partial charge < -0.3 is 47.7 Å². The third-order valence-corrected chi connectivity index (χ3v) is 3.76. The average Bonchev–Trinajstić information content (AvgIpc) is 2.78. The highest BCUT2D eigenvalue weighted by Crippen LogP contribution is 1.86. The fourth-order valence-electron chi connectivity index (χ4n) is 1.98. The number of alkyl halides is 1. The van der Waals surface area contributed by atoms with E-state index < -0.39 is 0 Å². The smallest absolute Gasteiger partial charge is 0.0701 e. The second-order valence-corrected chi connectivity index (χ2v) is 6.72. The van der Waals surface area contributed by atoms with Gasteiger partial charge in [-0.25, -0.2) is 0 Å². The topological polar surface area (TPSA) is 103 Å². The van der Waals surface area contributed by atoms with Gasteiger partial charge in [0.15, 0.2) is 0 Å². The van der Waals surface area contributed by atoms with Crippen LogP contribution in [-0.2, 0) is 42.6 Å². The molecule has 0 heterocycles. The fraction of sp³-hybridized carbons (Fsp3) is 1.00. The molecule has 1 N–H and O–H groups in total. The highest BCUT2D eigenvalue weighted by molar-refractivity contribution is 9.09. The zero-order chi connectivity index (χ0) is 22.5. The molecule has 0 radical (unpaired) electrons. The first-order valence-corrected chi connectivity index (χ1v) is 11.9. The molecule has 0 aliphatic heterocycles. The van der Waals surface area contributed by atoms with Crippen LogP contribution >= 0.6 is 15.9 Å². The van der Waals surface area contributed by atoms with Gasteiger partial charge in [-0.3, -0.25) is 0 Å². The van der Waals surface area contributed by atoms with Crippen molar-refractivity contribution in [1.82, 2.24) is 0 Å². The Labute approximate surface area is 194 Å². The maximum atomic E-state index is 8.54. The second-order valence-electron chi connectivity index (χ2n) is 5.92. The standard InChI is InChI=1S/C20H41BrO10/c21-1-3-23-5-7-25-9-11-27-13-15-29-17-19-31-20-18-30-16-14-28-12-10-26-8-6-24-4-2-22/h22H,1-20H2. The normalized spacial score (nSPS) is 11.4. The lowest BCUT2D eigenvalue weighted by Crippen LogP contribution is -2.15. The summed E-state index contributed by atoms with van der Waals surface area (Å²) in [7, 11) is 0. The van der Waals surface area contributed by atoms with Gasteiger partial charge in [0.25, 0.3) is 0 Å². The van der Waals surface area contributed by atoms with Gasteiger partial charge in [0, 0.05) is 5.33 Å². The van der Waals surface area contributed by atoms with Crippen molar-refractivity contribution in [3.8, 4) is 0 Å². The van der Waals surface area contributed by atoms with Gasteiger partial charge in [-0.1, -0.05) is 15.9 Å². The number of halogens is 1. The maximum absolute atomic E-state index is 8.54. The second kappa shape index (κ2) is 30.1. The van der Waals surface area contributed by atoms with Crippen molar-refractivity contribution in [2.75, 3.05) is 131 Å². The van der Waals surface area contributed by atoms with Crippen LogP contribution in [0.3, 0.4) is 0 Å². The summed E-state index contributed by atoms with van der Waals surface area (Å²) >= 11 is 3.29. The van der Waals surface area contributed by atoms with Crippen molar-refractivity contribution >= 4 is 15.9 Å². The zero-order valence-electron chi connectivity index (χ0n) is 18.6. The van der Waals surface area contributed by atoms with Gasteiger partial charge in [0.05, 0.1) is 126 Å². The van der Waals surface area contributed by atoms with Gasteiger partial charge in [0.1, 0.15) is 0 Å². The largest absolute Gasteiger partial charge is 0.394 e. The van der Waals surface area contributed by atoms with Gasteiger partial charge >= 0.3 is 0 Å². The van der Waals surface area contributed by atoms with Crippen molar-refractivity contribution < 1.29 is 47.7 Å². The summed E-state index contributed by atoms with van der Waals surface area (Å²) in [5.74, 6) is 0. The van der Waals surface area contributed by atoms with E-state index in [1.54, 1.807) is 0 Å². The molecular formula is C20H41BrO10. The van der Waals surface area contributed by atoms with Crippen LogP contribution in [0.1, 0.15) is 0 Å². The first-order chi connectivity index (χ1) is 15.4. The van der Waals surface area contributed by atoms with E-state index in [4.69, 9.17) is 47.7 Å². The molecule has 0 atom stereocenters. The molecule has 11 heteroatoms. The van der Waals surface area contributed by atoms with Crippen molar-refractivity contribution in [2.24, 2.45) is 0 Å². The highest BCUT2D eigenvalue weighted by Gasteiger charge is 1.95. The monoisotopic (exact) mass is 520 g/mol. The number of aliphatic hydroxyl groups excluding tert-OH is 1. The number of aliphatic hydroxyl groups is 1. The molecule has 0 rings (SSSR count). The molecular weight excluding hydrogens is 480 g/mol. The first kappa shape index (κ1) is 31.1. The van der Waals surface area contributed by atoms with Crippen molar-refractivity contribution in [3.63, 3.8) is 0 Å². The summed E-state index contributed by atoms with van der Waals surface area (Å²) in [4.78, 5) is 0. The van der Waals surface area contributed by atoms with Crippen molar-refractivity contribution in [2.45, 2.75) is 0 Å². The molecule has 0 fully saturated rings. The van der Waals surface area contributed by atoms with Crippen LogP contribution in [0.2, 0.25) is 0 Å². The van der Waals surface area contributed by atoms with Gasteiger partial charge in [-0.15, -0.1) is 0 Å². The molecule has 0 bridgehead atoms. The lowest BCUT2D eigenvalue weighted by atomic mass is 10.6. The third-order valence-electron chi connectivity index (χ3n) is 3.43. The van der Waals surface area contributed by atoms with E-state index in [0.717, 1.165) is 5.33 Å². The van der Waals surface area contributed by atoms with Crippen LogP contribution in [0.5, 0.6) is 0 Å². The molecule has 188 valence electrons. The predicted molar refractivity (Wildman–Crippen MR) is 118 cm³/mol. The van der Waals surface area contributed by atoms with E-state index in [1.807, 2.05) is 0 Å².